The van der Waals surface area contributed by atoms with Gasteiger partial charge in [-0.15, -0.1) is 24.0 Å². The number of aliphatic imine (C=N–C) groups is 1. The van der Waals surface area contributed by atoms with Gasteiger partial charge in [0.2, 0.25) is 5.88 Å². The first-order valence-corrected chi connectivity index (χ1v) is 8.93. The Morgan fingerprint density at radius 1 is 1.22 bits per heavy atom. The van der Waals surface area contributed by atoms with Crippen LogP contribution in [0.15, 0.2) is 47.5 Å². The third kappa shape index (κ3) is 5.79. The summed E-state index contributed by atoms with van der Waals surface area (Å²) in [5.41, 5.74) is 1.90. The fourth-order valence-corrected chi connectivity index (χ4v) is 2.95. The summed E-state index contributed by atoms with van der Waals surface area (Å²) in [5, 5.41) is 6.65. The summed E-state index contributed by atoms with van der Waals surface area (Å²) in [6, 6.07) is 12.5. The van der Waals surface area contributed by atoms with Crippen LogP contribution < -0.4 is 15.4 Å². The van der Waals surface area contributed by atoms with E-state index in [4.69, 9.17) is 4.74 Å². The molecule has 0 saturated heterocycles. The topological polar surface area (TPSA) is 58.5 Å². The van der Waals surface area contributed by atoms with Crippen molar-refractivity contribution >= 4 is 29.9 Å². The second-order valence-electron chi connectivity index (χ2n) is 6.51. The molecule has 2 aromatic rings. The van der Waals surface area contributed by atoms with Gasteiger partial charge in [-0.2, -0.15) is 0 Å². The number of ether oxygens (including phenoxy) is 1. The molecule has 1 saturated carbocycles. The summed E-state index contributed by atoms with van der Waals surface area (Å²) < 4.78 is 18.7. The summed E-state index contributed by atoms with van der Waals surface area (Å²) >= 11 is 0. The summed E-state index contributed by atoms with van der Waals surface area (Å²) in [7, 11) is 1.60. The minimum absolute atomic E-state index is 0. The van der Waals surface area contributed by atoms with Crippen molar-refractivity contribution in [2.24, 2.45) is 4.99 Å². The molecule has 1 aliphatic carbocycles. The summed E-state index contributed by atoms with van der Waals surface area (Å²) in [6.45, 7) is 3.98. The molecule has 0 spiro atoms. The van der Waals surface area contributed by atoms with Gasteiger partial charge in [0.05, 0.1) is 19.3 Å². The molecule has 1 aliphatic rings. The zero-order valence-electron chi connectivity index (χ0n) is 15.7. The summed E-state index contributed by atoms with van der Waals surface area (Å²) in [5.74, 6) is 1.14. The Labute approximate surface area is 176 Å². The van der Waals surface area contributed by atoms with E-state index in [0.717, 1.165) is 43.1 Å². The van der Waals surface area contributed by atoms with Gasteiger partial charge in [-0.05, 0) is 43.5 Å². The minimum Gasteiger partial charge on any atom is -0.481 e. The van der Waals surface area contributed by atoms with E-state index in [9.17, 15) is 4.39 Å². The van der Waals surface area contributed by atoms with E-state index in [1.165, 1.54) is 6.07 Å². The van der Waals surface area contributed by atoms with Gasteiger partial charge < -0.3 is 15.4 Å². The summed E-state index contributed by atoms with van der Waals surface area (Å²) in [6.07, 6.45) is 2.11. The third-order valence-corrected chi connectivity index (χ3v) is 4.62. The number of methoxy groups -OCH3 is 1. The van der Waals surface area contributed by atoms with E-state index >= 15 is 0 Å². The third-order valence-electron chi connectivity index (χ3n) is 4.62. The highest BCUT2D eigenvalue weighted by molar-refractivity contribution is 14.0. The van der Waals surface area contributed by atoms with Crippen LogP contribution in [-0.4, -0.2) is 31.1 Å². The Morgan fingerprint density at radius 2 is 2.00 bits per heavy atom. The van der Waals surface area contributed by atoms with Crippen LogP contribution in [0.4, 0.5) is 4.39 Å². The lowest BCUT2D eigenvalue weighted by molar-refractivity contribution is 0.396. The normalized spacial score (nSPS) is 14.9. The molecule has 1 heterocycles. The number of halogens is 2. The molecule has 2 N–H and O–H groups in total. The van der Waals surface area contributed by atoms with Crippen LogP contribution in [0.2, 0.25) is 0 Å². The van der Waals surface area contributed by atoms with Gasteiger partial charge in [0.1, 0.15) is 5.82 Å². The highest BCUT2D eigenvalue weighted by Crippen LogP contribution is 2.47. The standard InChI is InChI=1S/C20H25FN4O.HI/c1-3-22-19(23-13-17-8-5-9-18(25-17)26-2)24-14-20(10-11-20)15-6-4-7-16(21)12-15;/h4-9,12H,3,10-11,13-14H2,1-2H3,(H2,22,23,24);1H. The molecule has 0 atom stereocenters. The maximum absolute atomic E-state index is 13.5. The van der Waals surface area contributed by atoms with E-state index < -0.39 is 0 Å². The van der Waals surface area contributed by atoms with Gasteiger partial charge in [-0.1, -0.05) is 18.2 Å². The first-order chi connectivity index (χ1) is 12.6. The molecule has 1 aromatic heterocycles. The molecule has 1 aromatic carbocycles. The van der Waals surface area contributed by atoms with Gasteiger partial charge in [0, 0.05) is 24.6 Å². The predicted octanol–water partition coefficient (Wildman–Crippen LogP) is 3.63. The highest BCUT2D eigenvalue weighted by atomic mass is 127. The molecule has 27 heavy (non-hydrogen) atoms. The molecule has 5 nitrogen and oxygen atoms in total. The highest BCUT2D eigenvalue weighted by Gasteiger charge is 2.44. The largest absolute Gasteiger partial charge is 0.481 e. The average molecular weight is 484 g/mol. The van der Waals surface area contributed by atoms with Crippen molar-refractivity contribution in [1.82, 2.24) is 15.6 Å². The number of rotatable bonds is 7. The van der Waals surface area contributed by atoms with Crippen LogP contribution in [0.1, 0.15) is 31.0 Å². The minimum atomic E-state index is -0.182. The molecule has 0 unspecified atom stereocenters. The lowest BCUT2D eigenvalue weighted by atomic mass is 9.96. The number of hydrogen-bond acceptors (Lipinski definition) is 3. The van der Waals surface area contributed by atoms with Crippen molar-refractivity contribution in [1.29, 1.82) is 0 Å². The first-order valence-electron chi connectivity index (χ1n) is 8.93. The molecular formula is C20H26FIN4O. The average Bonchev–Trinajstić information content (AvgIpc) is 3.45. The number of aromatic nitrogens is 1. The predicted molar refractivity (Wildman–Crippen MR) is 116 cm³/mol. The molecule has 1 fully saturated rings. The fraction of sp³-hybridized carbons (Fsp3) is 0.400. The molecule has 7 heteroatoms. The number of benzene rings is 1. The molecule has 146 valence electrons. The van der Waals surface area contributed by atoms with E-state index in [1.807, 2.05) is 31.2 Å². The van der Waals surface area contributed by atoms with Crippen molar-refractivity contribution in [3.05, 3.63) is 59.5 Å². The smallest absolute Gasteiger partial charge is 0.213 e. The van der Waals surface area contributed by atoms with E-state index in [1.54, 1.807) is 19.2 Å². The zero-order valence-corrected chi connectivity index (χ0v) is 18.0. The van der Waals surface area contributed by atoms with Crippen LogP contribution in [0, 0.1) is 5.82 Å². The fourth-order valence-electron chi connectivity index (χ4n) is 2.95. The van der Waals surface area contributed by atoms with E-state index in [0.29, 0.717) is 12.4 Å². The van der Waals surface area contributed by atoms with Crippen LogP contribution in [0.25, 0.3) is 0 Å². The molecular weight excluding hydrogens is 458 g/mol. The Bertz CT molecular complexity index is 780. The quantitative estimate of drug-likeness (QED) is 0.358. The van der Waals surface area contributed by atoms with Crippen LogP contribution in [0.3, 0.4) is 0 Å². The molecule has 3 rings (SSSR count). The van der Waals surface area contributed by atoms with Gasteiger partial charge in [-0.3, -0.25) is 0 Å². The van der Waals surface area contributed by atoms with Gasteiger partial charge in [-0.25, -0.2) is 14.4 Å². The number of nitrogens with zero attached hydrogens (tertiary/aromatic N) is 2. The first kappa shape index (κ1) is 21.4. The van der Waals surface area contributed by atoms with Crippen molar-refractivity contribution in [3.8, 4) is 5.88 Å². The number of guanidine groups is 1. The van der Waals surface area contributed by atoms with Crippen molar-refractivity contribution in [2.45, 2.75) is 31.7 Å². The zero-order chi connectivity index (χ0) is 18.4. The van der Waals surface area contributed by atoms with Crippen molar-refractivity contribution < 1.29 is 9.13 Å². The maximum atomic E-state index is 13.5. The Balaban J connectivity index is 0.00000261. The van der Waals surface area contributed by atoms with Gasteiger partial charge in [0.25, 0.3) is 0 Å². The van der Waals surface area contributed by atoms with E-state index in [2.05, 4.69) is 20.6 Å². The monoisotopic (exact) mass is 484 g/mol. The Morgan fingerprint density at radius 3 is 2.67 bits per heavy atom. The van der Waals surface area contributed by atoms with Crippen molar-refractivity contribution in [2.75, 3.05) is 20.2 Å². The Kier molecular flexibility index (Phi) is 7.82. The van der Waals surface area contributed by atoms with Crippen LogP contribution in [-0.2, 0) is 12.0 Å². The second-order valence-corrected chi connectivity index (χ2v) is 6.51. The number of pyridine rings is 1. The molecule has 0 radical (unpaired) electrons. The maximum Gasteiger partial charge on any atom is 0.213 e. The van der Waals surface area contributed by atoms with Crippen LogP contribution in [0.5, 0.6) is 5.88 Å². The van der Waals surface area contributed by atoms with Gasteiger partial charge in [0.15, 0.2) is 5.96 Å². The summed E-state index contributed by atoms with van der Waals surface area (Å²) in [4.78, 5) is 8.98. The Hall–Kier alpha value is -1.90. The lowest BCUT2D eigenvalue weighted by Crippen LogP contribution is -2.41. The number of hydrogen-bond donors (Lipinski definition) is 2. The van der Waals surface area contributed by atoms with Crippen LogP contribution >= 0.6 is 24.0 Å². The SMILES string of the molecule is CCNC(=NCc1cccc(OC)n1)NCC1(c2cccc(F)c2)CC1.I. The van der Waals surface area contributed by atoms with Crippen molar-refractivity contribution in [3.63, 3.8) is 0 Å². The number of nitrogens with one attached hydrogen (secondary N) is 2. The lowest BCUT2D eigenvalue weighted by Gasteiger charge is -2.19. The van der Waals surface area contributed by atoms with Gasteiger partial charge >= 0.3 is 0 Å². The van der Waals surface area contributed by atoms with E-state index in [-0.39, 0.29) is 35.2 Å². The second kappa shape index (κ2) is 9.87. The molecule has 0 aliphatic heterocycles. The molecule has 0 amide bonds. The molecule has 0 bridgehead atoms.